The zero-order chi connectivity index (χ0) is 12.9. The monoisotopic (exact) mass is 248 g/mol. The Morgan fingerprint density at radius 3 is 2.78 bits per heavy atom. The van der Waals surface area contributed by atoms with E-state index in [-0.39, 0.29) is 17.9 Å². The van der Waals surface area contributed by atoms with Crippen LogP contribution in [0.5, 0.6) is 0 Å². The van der Waals surface area contributed by atoms with Crippen LogP contribution in [0.3, 0.4) is 0 Å². The molecule has 98 valence electrons. The second-order valence-electron chi connectivity index (χ2n) is 5.73. The summed E-state index contributed by atoms with van der Waals surface area (Å²) in [6.07, 6.45) is 5.32. The van der Waals surface area contributed by atoms with Gasteiger partial charge < -0.3 is 11.1 Å². The fourth-order valence-electron chi connectivity index (χ4n) is 3.66. The third-order valence-electron chi connectivity index (χ3n) is 4.55. The number of aromatic nitrogens is 2. The molecule has 0 aliphatic heterocycles. The number of hydrogen-bond acceptors (Lipinski definition) is 3. The van der Waals surface area contributed by atoms with Crippen molar-refractivity contribution in [3.63, 3.8) is 0 Å². The number of carbonyl (C=O) groups excluding carboxylic acids is 1. The zero-order valence-corrected chi connectivity index (χ0v) is 10.9. The second kappa shape index (κ2) is 4.09. The molecule has 1 aromatic rings. The highest BCUT2D eigenvalue weighted by atomic mass is 16.2. The van der Waals surface area contributed by atoms with Crippen LogP contribution in [0.1, 0.15) is 25.0 Å². The van der Waals surface area contributed by atoms with Crippen molar-refractivity contribution in [2.45, 2.75) is 32.2 Å². The van der Waals surface area contributed by atoms with E-state index in [1.165, 1.54) is 6.42 Å². The molecule has 5 nitrogen and oxygen atoms in total. The molecule has 1 aromatic heterocycles. The number of nitrogens with one attached hydrogen (secondary N) is 1. The molecule has 2 aliphatic rings. The summed E-state index contributed by atoms with van der Waals surface area (Å²) in [7, 11) is 1.85. The van der Waals surface area contributed by atoms with Gasteiger partial charge in [0, 0.05) is 19.3 Å². The molecule has 1 heterocycles. The van der Waals surface area contributed by atoms with Crippen molar-refractivity contribution in [3.05, 3.63) is 11.9 Å². The average molecular weight is 248 g/mol. The minimum Gasteiger partial charge on any atom is -0.327 e. The highest BCUT2D eigenvalue weighted by Gasteiger charge is 2.49. The van der Waals surface area contributed by atoms with Crippen molar-refractivity contribution < 1.29 is 4.79 Å². The Labute approximate surface area is 107 Å². The highest BCUT2D eigenvalue weighted by Crippen LogP contribution is 2.47. The molecule has 2 fully saturated rings. The minimum absolute atomic E-state index is 0.0108. The first-order valence-corrected chi connectivity index (χ1v) is 6.63. The molecule has 2 aliphatic carbocycles. The second-order valence-corrected chi connectivity index (χ2v) is 5.73. The normalized spacial score (nSPS) is 33.9. The van der Waals surface area contributed by atoms with Crippen LogP contribution in [0, 0.1) is 24.7 Å². The van der Waals surface area contributed by atoms with Gasteiger partial charge >= 0.3 is 0 Å². The molecule has 0 radical (unpaired) electrons. The van der Waals surface area contributed by atoms with Gasteiger partial charge in [0.05, 0.1) is 17.3 Å². The van der Waals surface area contributed by atoms with Crippen LogP contribution in [0.2, 0.25) is 0 Å². The molecule has 5 heteroatoms. The van der Waals surface area contributed by atoms with E-state index in [0.717, 1.165) is 24.2 Å². The fourth-order valence-corrected chi connectivity index (χ4v) is 3.66. The lowest BCUT2D eigenvalue weighted by Gasteiger charge is -2.26. The van der Waals surface area contributed by atoms with Gasteiger partial charge in [0.25, 0.3) is 0 Å². The smallest absolute Gasteiger partial charge is 0.229 e. The molecular formula is C13H20N4O. The first-order chi connectivity index (χ1) is 8.56. The minimum atomic E-state index is -0.0108. The van der Waals surface area contributed by atoms with Crippen molar-refractivity contribution in [2.75, 3.05) is 5.32 Å². The van der Waals surface area contributed by atoms with E-state index in [4.69, 9.17) is 5.73 Å². The van der Waals surface area contributed by atoms with Gasteiger partial charge in [0.2, 0.25) is 5.91 Å². The summed E-state index contributed by atoms with van der Waals surface area (Å²) in [6.45, 7) is 1.90. The lowest BCUT2D eigenvalue weighted by molar-refractivity contribution is -0.121. The summed E-state index contributed by atoms with van der Waals surface area (Å²) in [5, 5.41) is 7.21. The van der Waals surface area contributed by atoms with Crippen molar-refractivity contribution in [1.29, 1.82) is 0 Å². The van der Waals surface area contributed by atoms with Crippen LogP contribution in [-0.2, 0) is 11.8 Å². The maximum atomic E-state index is 12.3. The van der Waals surface area contributed by atoms with Crippen LogP contribution < -0.4 is 11.1 Å². The number of amides is 1. The van der Waals surface area contributed by atoms with Crippen LogP contribution in [0.4, 0.5) is 5.69 Å². The first kappa shape index (κ1) is 11.7. The van der Waals surface area contributed by atoms with E-state index in [1.807, 2.05) is 20.2 Å². The van der Waals surface area contributed by atoms with Crippen LogP contribution in [0.15, 0.2) is 6.20 Å². The Balaban J connectivity index is 1.74. The average Bonchev–Trinajstić information content (AvgIpc) is 2.94. The van der Waals surface area contributed by atoms with Gasteiger partial charge in [-0.15, -0.1) is 0 Å². The number of nitrogens with two attached hydrogens (primary N) is 1. The van der Waals surface area contributed by atoms with Gasteiger partial charge in [-0.25, -0.2) is 0 Å². The molecule has 2 saturated carbocycles. The van der Waals surface area contributed by atoms with Crippen LogP contribution in [0.25, 0.3) is 0 Å². The van der Waals surface area contributed by atoms with Gasteiger partial charge in [-0.05, 0) is 38.0 Å². The molecule has 1 amide bonds. The summed E-state index contributed by atoms with van der Waals surface area (Å²) in [5.74, 6) is 1.11. The van der Waals surface area contributed by atoms with Crippen LogP contribution >= 0.6 is 0 Å². The van der Waals surface area contributed by atoms with E-state index in [2.05, 4.69) is 10.4 Å². The summed E-state index contributed by atoms with van der Waals surface area (Å²) in [4.78, 5) is 12.3. The van der Waals surface area contributed by atoms with Gasteiger partial charge in [-0.3, -0.25) is 9.48 Å². The number of rotatable bonds is 2. The van der Waals surface area contributed by atoms with Gasteiger partial charge in [-0.2, -0.15) is 5.10 Å². The Kier molecular flexibility index (Phi) is 2.66. The van der Waals surface area contributed by atoms with E-state index in [9.17, 15) is 4.79 Å². The lowest BCUT2D eigenvalue weighted by atomic mass is 9.84. The first-order valence-electron chi connectivity index (χ1n) is 6.63. The summed E-state index contributed by atoms with van der Waals surface area (Å²) < 4.78 is 1.71. The molecule has 18 heavy (non-hydrogen) atoms. The summed E-state index contributed by atoms with van der Waals surface area (Å²) >= 11 is 0. The Bertz CT molecular complexity index is 479. The fraction of sp³-hybridized carbons (Fsp3) is 0.692. The Morgan fingerprint density at radius 2 is 2.22 bits per heavy atom. The molecule has 3 rings (SSSR count). The molecule has 4 unspecified atom stereocenters. The quantitative estimate of drug-likeness (QED) is 0.821. The summed E-state index contributed by atoms with van der Waals surface area (Å²) in [5.41, 5.74) is 7.83. The molecule has 0 saturated heterocycles. The third kappa shape index (κ3) is 1.73. The maximum Gasteiger partial charge on any atom is 0.229 e. The predicted molar refractivity (Wildman–Crippen MR) is 68.9 cm³/mol. The van der Waals surface area contributed by atoms with E-state index < -0.39 is 0 Å². The number of fused-ring (bicyclic) bond motifs is 2. The number of hydrogen-bond donors (Lipinski definition) is 2. The van der Waals surface area contributed by atoms with Gasteiger partial charge in [0.15, 0.2) is 0 Å². The van der Waals surface area contributed by atoms with Crippen LogP contribution in [-0.4, -0.2) is 21.7 Å². The van der Waals surface area contributed by atoms with E-state index in [0.29, 0.717) is 11.8 Å². The van der Waals surface area contributed by atoms with Crippen molar-refractivity contribution >= 4 is 11.6 Å². The number of aryl methyl sites for hydroxylation is 2. The topological polar surface area (TPSA) is 72.9 Å². The number of anilines is 1. The lowest BCUT2D eigenvalue weighted by Crippen LogP contribution is -2.42. The SMILES string of the molecule is Cc1nn(C)cc1NC(=O)C1C2CCC(C2)C1N. The standard InChI is InChI=1S/C13H20N4O/c1-7-10(6-17(2)16-7)15-13(18)11-8-3-4-9(5-8)12(11)14/h6,8-9,11-12H,3-5,14H2,1-2H3,(H,15,18). The Morgan fingerprint density at radius 1 is 1.50 bits per heavy atom. The molecule has 3 N–H and O–H groups in total. The number of nitrogens with zero attached hydrogens (tertiary/aromatic N) is 2. The third-order valence-corrected chi connectivity index (χ3v) is 4.55. The molecule has 0 spiro atoms. The Hall–Kier alpha value is -1.36. The molecular weight excluding hydrogens is 228 g/mol. The van der Waals surface area contributed by atoms with E-state index >= 15 is 0 Å². The highest BCUT2D eigenvalue weighted by molar-refractivity contribution is 5.94. The van der Waals surface area contributed by atoms with Crippen molar-refractivity contribution in [3.8, 4) is 0 Å². The van der Waals surface area contributed by atoms with Gasteiger partial charge in [-0.1, -0.05) is 0 Å². The zero-order valence-electron chi connectivity index (χ0n) is 10.9. The summed E-state index contributed by atoms with van der Waals surface area (Å²) in [6, 6.07) is 0.0423. The van der Waals surface area contributed by atoms with Crippen molar-refractivity contribution in [1.82, 2.24) is 9.78 Å². The van der Waals surface area contributed by atoms with Gasteiger partial charge in [0.1, 0.15) is 0 Å². The largest absolute Gasteiger partial charge is 0.327 e. The molecule has 4 atom stereocenters. The molecule has 0 aromatic carbocycles. The maximum absolute atomic E-state index is 12.3. The number of carbonyl (C=O) groups is 1. The van der Waals surface area contributed by atoms with Crippen molar-refractivity contribution in [2.24, 2.45) is 30.5 Å². The molecule has 2 bridgehead atoms. The predicted octanol–water partition coefficient (Wildman–Crippen LogP) is 1.04. The van der Waals surface area contributed by atoms with E-state index in [1.54, 1.807) is 4.68 Å².